The molecule has 0 radical (unpaired) electrons. The number of carbonyl (C=O) groups excluding carboxylic acids is 2. The first-order valence-corrected chi connectivity index (χ1v) is 11.6. The van der Waals surface area contributed by atoms with Crippen LogP contribution in [0.15, 0.2) is 67.4 Å². The summed E-state index contributed by atoms with van der Waals surface area (Å²) < 4.78 is 20.2. The first-order valence-electron chi connectivity index (χ1n) is 11.6. The molecule has 0 bridgehead atoms. The van der Waals surface area contributed by atoms with E-state index in [-0.39, 0.29) is 31.0 Å². The number of carbonyl (C=O) groups is 2. The smallest absolute Gasteiger partial charge is 0.247 e. The standard InChI is InChI=1S/C26H27FN6O3.CH4/c1-2-23(34)29-18-7-3-8-19(15-18)30-25-22(27)17-28-26(32-25)31-20-9-4-10-21(16-20)36-14-6-13-33-12-5-11-24(33)35;/h2-4,7-10,15-17H,1,5-6,11-14H2,(H,29,34)(H2,28,30,31,32);1H4. The van der Waals surface area contributed by atoms with E-state index in [4.69, 9.17) is 4.74 Å². The summed E-state index contributed by atoms with van der Waals surface area (Å²) >= 11 is 0. The average molecular weight is 507 g/mol. The van der Waals surface area contributed by atoms with Crippen LogP contribution in [0.5, 0.6) is 5.75 Å². The minimum absolute atomic E-state index is 0. The van der Waals surface area contributed by atoms with E-state index in [1.54, 1.807) is 30.3 Å². The molecule has 0 aliphatic carbocycles. The SMILES string of the molecule is C.C=CC(=O)Nc1cccc(Nc2nc(Nc3cccc(OCCCN4CCCC4=O)c3)ncc2F)c1. The van der Waals surface area contributed by atoms with Gasteiger partial charge in [0.1, 0.15) is 5.75 Å². The van der Waals surface area contributed by atoms with Crippen LogP contribution >= 0.6 is 0 Å². The molecular weight excluding hydrogens is 475 g/mol. The predicted molar refractivity (Wildman–Crippen MR) is 143 cm³/mol. The fourth-order valence-electron chi connectivity index (χ4n) is 3.70. The Morgan fingerprint density at radius 2 is 1.89 bits per heavy atom. The molecule has 0 atom stereocenters. The average Bonchev–Trinajstić information content (AvgIpc) is 3.29. The Kier molecular flexibility index (Phi) is 9.54. The number of halogens is 1. The molecule has 3 N–H and O–H groups in total. The van der Waals surface area contributed by atoms with Crippen molar-refractivity contribution in [2.45, 2.75) is 26.7 Å². The third-order valence-corrected chi connectivity index (χ3v) is 5.43. The van der Waals surface area contributed by atoms with Crippen molar-refractivity contribution in [2.75, 3.05) is 35.6 Å². The third-order valence-electron chi connectivity index (χ3n) is 5.43. The van der Waals surface area contributed by atoms with E-state index in [2.05, 4.69) is 32.5 Å². The van der Waals surface area contributed by atoms with Gasteiger partial charge in [-0.25, -0.2) is 9.37 Å². The van der Waals surface area contributed by atoms with Crippen LogP contribution in [0.1, 0.15) is 26.7 Å². The third kappa shape index (κ3) is 7.76. The van der Waals surface area contributed by atoms with Crippen molar-refractivity contribution in [2.24, 2.45) is 0 Å². The quantitative estimate of drug-likeness (QED) is 0.241. The van der Waals surface area contributed by atoms with E-state index in [1.165, 1.54) is 6.08 Å². The molecule has 0 spiro atoms. The van der Waals surface area contributed by atoms with Crippen LogP contribution in [0, 0.1) is 5.82 Å². The molecule has 1 fully saturated rings. The predicted octanol–water partition coefficient (Wildman–Crippen LogP) is 5.25. The van der Waals surface area contributed by atoms with Crippen LogP contribution in [-0.4, -0.2) is 46.4 Å². The van der Waals surface area contributed by atoms with E-state index >= 15 is 0 Å². The van der Waals surface area contributed by atoms with E-state index in [0.717, 1.165) is 25.6 Å². The zero-order valence-corrected chi connectivity index (χ0v) is 19.7. The summed E-state index contributed by atoms with van der Waals surface area (Å²) in [4.78, 5) is 33.3. The number of nitrogens with one attached hydrogen (secondary N) is 3. The molecule has 2 amide bonds. The lowest BCUT2D eigenvalue weighted by atomic mass is 10.2. The van der Waals surface area contributed by atoms with Crippen molar-refractivity contribution in [1.29, 1.82) is 0 Å². The van der Waals surface area contributed by atoms with E-state index in [0.29, 0.717) is 42.4 Å². The van der Waals surface area contributed by atoms with Crippen LogP contribution in [0.25, 0.3) is 0 Å². The number of hydrogen-bond donors (Lipinski definition) is 3. The van der Waals surface area contributed by atoms with Crippen LogP contribution in [0.4, 0.5) is 33.2 Å². The Morgan fingerprint density at radius 3 is 2.65 bits per heavy atom. The summed E-state index contributed by atoms with van der Waals surface area (Å²) in [5.41, 5.74) is 1.74. The van der Waals surface area contributed by atoms with E-state index in [1.807, 2.05) is 23.1 Å². The lowest BCUT2D eigenvalue weighted by Gasteiger charge is -2.15. The monoisotopic (exact) mass is 506 g/mol. The van der Waals surface area contributed by atoms with Gasteiger partial charge in [0.05, 0.1) is 12.8 Å². The first kappa shape index (κ1) is 27.1. The Labute approximate surface area is 215 Å². The second kappa shape index (κ2) is 13.0. The molecule has 9 nitrogen and oxygen atoms in total. The van der Waals surface area contributed by atoms with Gasteiger partial charge in [-0.05, 0) is 49.2 Å². The summed E-state index contributed by atoms with van der Waals surface area (Å²) in [6.07, 6.45) is 4.55. The van der Waals surface area contributed by atoms with Crippen LogP contribution < -0.4 is 20.7 Å². The summed E-state index contributed by atoms with van der Waals surface area (Å²) in [6, 6.07) is 14.1. The van der Waals surface area contributed by atoms with Gasteiger partial charge in [-0.15, -0.1) is 0 Å². The van der Waals surface area contributed by atoms with E-state index < -0.39 is 5.82 Å². The summed E-state index contributed by atoms with van der Waals surface area (Å²) in [6.45, 7) is 5.43. The van der Waals surface area contributed by atoms with Gasteiger partial charge in [-0.1, -0.05) is 26.1 Å². The normalized spacial score (nSPS) is 12.5. The highest BCUT2D eigenvalue weighted by atomic mass is 19.1. The Balaban J connectivity index is 0.00000380. The number of anilines is 5. The van der Waals surface area contributed by atoms with Crippen molar-refractivity contribution in [3.8, 4) is 5.75 Å². The maximum absolute atomic E-state index is 14.4. The molecule has 194 valence electrons. The first-order chi connectivity index (χ1) is 17.5. The number of rotatable bonds is 11. The van der Waals surface area contributed by atoms with Gasteiger partial charge >= 0.3 is 0 Å². The number of benzene rings is 2. The highest BCUT2D eigenvalue weighted by Gasteiger charge is 2.19. The molecule has 10 heteroatoms. The molecular formula is C27H31FN6O3. The molecule has 1 aliphatic rings. The zero-order valence-electron chi connectivity index (χ0n) is 19.7. The highest BCUT2D eigenvalue weighted by Crippen LogP contribution is 2.24. The van der Waals surface area contributed by atoms with Crippen molar-refractivity contribution in [1.82, 2.24) is 14.9 Å². The number of ether oxygens (including phenoxy) is 1. The Hall–Kier alpha value is -4.47. The maximum Gasteiger partial charge on any atom is 0.247 e. The van der Waals surface area contributed by atoms with Crippen molar-refractivity contribution >= 4 is 40.6 Å². The summed E-state index contributed by atoms with van der Waals surface area (Å²) in [7, 11) is 0. The Morgan fingerprint density at radius 1 is 1.14 bits per heavy atom. The summed E-state index contributed by atoms with van der Waals surface area (Å²) in [5, 5.41) is 8.61. The molecule has 0 unspecified atom stereocenters. The van der Waals surface area contributed by atoms with E-state index in [9.17, 15) is 14.0 Å². The number of amides is 2. The van der Waals surface area contributed by atoms with Gasteiger partial charge in [0.25, 0.3) is 0 Å². The highest BCUT2D eigenvalue weighted by molar-refractivity contribution is 5.99. The lowest BCUT2D eigenvalue weighted by Crippen LogP contribution is -2.26. The maximum atomic E-state index is 14.4. The molecule has 1 aliphatic heterocycles. The molecule has 4 rings (SSSR count). The number of aromatic nitrogens is 2. The number of hydrogen-bond acceptors (Lipinski definition) is 7. The lowest BCUT2D eigenvalue weighted by molar-refractivity contribution is -0.127. The zero-order chi connectivity index (χ0) is 25.3. The van der Waals surface area contributed by atoms with Gasteiger partial charge in [0.15, 0.2) is 11.6 Å². The fourth-order valence-corrected chi connectivity index (χ4v) is 3.70. The summed E-state index contributed by atoms with van der Waals surface area (Å²) in [5.74, 6) is 0.0609. The molecule has 2 aromatic carbocycles. The second-order valence-corrected chi connectivity index (χ2v) is 8.13. The van der Waals surface area contributed by atoms with Crippen molar-refractivity contribution in [3.05, 3.63) is 73.2 Å². The van der Waals surface area contributed by atoms with Crippen molar-refractivity contribution in [3.63, 3.8) is 0 Å². The van der Waals surface area contributed by atoms with Crippen LogP contribution in [-0.2, 0) is 9.59 Å². The second-order valence-electron chi connectivity index (χ2n) is 8.13. The molecule has 37 heavy (non-hydrogen) atoms. The molecule has 1 aromatic heterocycles. The minimum atomic E-state index is -0.630. The largest absolute Gasteiger partial charge is 0.493 e. The fraction of sp³-hybridized carbons (Fsp3) is 0.259. The molecule has 3 aromatic rings. The Bertz CT molecular complexity index is 1250. The number of nitrogens with zero attached hydrogens (tertiary/aromatic N) is 3. The van der Waals surface area contributed by atoms with Crippen LogP contribution in [0.3, 0.4) is 0 Å². The van der Waals surface area contributed by atoms with Gasteiger partial charge in [0, 0.05) is 42.6 Å². The molecule has 0 saturated carbocycles. The van der Waals surface area contributed by atoms with Crippen molar-refractivity contribution < 1.29 is 18.7 Å². The van der Waals surface area contributed by atoms with Crippen LogP contribution in [0.2, 0.25) is 0 Å². The number of likely N-dealkylation sites (tertiary alicyclic amines) is 1. The topological polar surface area (TPSA) is 108 Å². The van der Waals surface area contributed by atoms with Gasteiger partial charge in [-0.2, -0.15) is 4.98 Å². The molecule has 1 saturated heterocycles. The van der Waals surface area contributed by atoms with Gasteiger partial charge < -0.3 is 25.6 Å². The van der Waals surface area contributed by atoms with Gasteiger partial charge in [-0.3, -0.25) is 9.59 Å². The molecule has 2 heterocycles. The minimum Gasteiger partial charge on any atom is -0.493 e. The van der Waals surface area contributed by atoms with Gasteiger partial charge in [0.2, 0.25) is 17.8 Å².